The lowest BCUT2D eigenvalue weighted by molar-refractivity contribution is 1.33. The van der Waals surface area contributed by atoms with Crippen LogP contribution in [0.15, 0.2) is 48.1 Å². The predicted molar refractivity (Wildman–Crippen MR) is 63.9 cm³/mol. The molecule has 0 saturated heterocycles. The summed E-state index contributed by atoms with van der Waals surface area (Å²) in [5, 5.41) is 3.48. The molecule has 15 heavy (non-hydrogen) atoms. The number of pyridine rings is 1. The van der Waals surface area contributed by atoms with Gasteiger partial charge in [0.2, 0.25) is 0 Å². The summed E-state index contributed by atoms with van der Waals surface area (Å²) in [6.45, 7) is 0. The van der Waals surface area contributed by atoms with Crippen molar-refractivity contribution in [1.29, 1.82) is 0 Å². The molecule has 2 heterocycles. The summed E-state index contributed by atoms with van der Waals surface area (Å²) < 4.78 is 1.28. The van der Waals surface area contributed by atoms with Crippen LogP contribution in [0, 0.1) is 6.07 Å². The Labute approximate surface area is 92.0 Å². The van der Waals surface area contributed by atoms with E-state index in [1.807, 2.05) is 36.7 Å². The van der Waals surface area contributed by atoms with Gasteiger partial charge in [0.15, 0.2) is 0 Å². The predicted octanol–water partition coefficient (Wildman–Crippen LogP) is 3.76. The third-order valence-electron chi connectivity index (χ3n) is 2.41. The molecule has 1 radical (unpaired) electrons. The largest absolute Gasteiger partial charge is 0.265 e. The van der Waals surface area contributed by atoms with Gasteiger partial charge in [-0.3, -0.25) is 4.98 Å². The monoisotopic (exact) mass is 210 g/mol. The molecule has 0 aliphatic carbocycles. The second-order valence-corrected chi connectivity index (χ2v) is 4.22. The number of fused-ring (bicyclic) bond motifs is 1. The van der Waals surface area contributed by atoms with Crippen LogP contribution in [0.5, 0.6) is 0 Å². The molecule has 2 heteroatoms. The van der Waals surface area contributed by atoms with Crippen molar-refractivity contribution in [1.82, 2.24) is 4.98 Å². The lowest BCUT2D eigenvalue weighted by atomic mass is 10.1. The molecule has 71 valence electrons. The third kappa shape index (κ3) is 1.43. The molecule has 0 amide bonds. The zero-order valence-corrected chi connectivity index (χ0v) is 8.79. The molecule has 0 aliphatic heterocycles. The lowest BCUT2D eigenvalue weighted by Crippen LogP contribution is -1.75. The average Bonchev–Trinajstić information content (AvgIpc) is 2.74. The summed E-state index contributed by atoms with van der Waals surface area (Å²) in [5.74, 6) is 0. The van der Waals surface area contributed by atoms with E-state index >= 15 is 0 Å². The van der Waals surface area contributed by atoms with Gasteiger partial charge >= 0.3 is 0 Å². The van der Waals surface area contributed by atoms with Crippen LogP contribution in [0.4, 0.5) is 0 Å². The van der Waals surface area contributed by atoms with E-state index in [0.29, 0.717) is 0 Å². The van der Waals surface area contributed by atoms with Gasteiger partial charge in [0.25, 0.3) is 0 Å². The number of hydrogen-bond acceptors (Lipinski definition) is 2. The normalized spacial score (nSPS) is 10.7. The molecule has 0 aliphatic rings. The Bertz CT molecular complexity index is 584. The maximum atomic E-state index is 4.03. The summed E-state index contributed by atoms with van der Waals surface area (Å²) >= 11 is 1.76. The van der Waals surface area contributed by atoms with Crippen molar-refractivity contribution >= 4 is 21.4 Å². The second-order valence-electron chi connectivity index (χ2n) is 3.31. The molecule has 3 rings (SSSR count). The van der Waals surface area contributed by atoms with Gasteiger partial charge in [0.05, 0.1) is 0 Å². The number of benzene rings is 1. The molecular formula is C13H8NS. The number of rotatable bonds is 1. The third-order valence-corrected chi connectivity index (χ3v) is 3.36. The van der Waals surface area contributed by atoms with Crippen LogP contribution in [-0.4, -0.2) is 4.98 Å². The highest BCUT2D eigenvalue weighted by Gasteiger charge is 2.04. The summed E-state index contributed by atoms with van der Waals surface area (Å²) in [4.78, 5) is 4.03. The van der Waals surface area contributed by atoms with E-state index < -0.39 is 0 Å². The average molecular weight is 210 g/mol. The van der Waals surface area contributed by atoms with Crippen LogP contribution < -0.4 is 0 Å². The van der Waals surface area contributed by atoms with E-state index in [9.17, 15) is 0 Å². The molecular weight excluding hydrogens is 202 g/mol. The highest BCUT2D eigenvalue weighted by atomic mass is 32.1. The van der Waals surface area contributed by atoms with E-state index in [4.69, 9.17) is 0 Å². The summed E-state index contributed by atoms with van der Waals surface area (Å²) in [5.41, 5.74) is 2.51. The molecule has 3 aromatic rings. The molecule has 0 bridgehead atoms. The number of hydrogen-bond donors (Lipinski definition) is 0. The standard InChI is InChI=1S/C13H8NS/c1-2-4-13-11(3-1)12(9-15-13)10-5-7-14-8-6-10/h1,3-9H. The Morgan fingerprint density at radius 2 is 2.00 bits per heavy atom. The van der Waals surface area contributed by atoms with Gasteiger partial charge in [-0.2, -0.15) is 0 Å². The maximum Gasteiger partial charge on any atom is 0.0355 e. The fraction of sp³-hybridized carbons (Fsp3) is 0. The van der Waals surface area contributed by atoms with Gasteiger partial charge in [-0.05, 0) is 35.2 Å². The van der Waals surface area contributed by atoms with Gasteiger partial charge in [0.1, 0.15) is 0 Å². The topological polar surface area (TPSA) is 12.9 Å². The van der Waals surface area contributed by atoms with Crippen molar-refractivity contribution in [3.8, 4) is 11.1 Å². The summed E-state index contributed by atoms with van der Waals surface area (Å²) in [6, 6.07) is 13.3. The molecule has 0 atom stereocenters. The smallest absolute Gasteiger partial charge is 0.0355 e. The second kappa shape index (κ2) is 3.48. The van der Waals surface area contributed by atoms with Crippen LogP contribution in [0.1, 0.15) is 0 Å². The number of thiophene rings is 1. The quantitative estimate of drug-likeness (QED) is 0.596. The molecule has 0 spiro atoms. The Balaban J connectivity index is 2.28. The van der Waals surface area contributed by atoms with Crippen molar-refractivity contribution in [3.05, 3.63) is 54.2 Å². The van der Waals surface area contributed by atoms with Crippen molar-refractivity contribution in [2.75, 3.05) is 0 Å². The van der Waals surface area contributed by atoms with Gasteiger partial charge in [-0.15, -0.1) is 11.3 Å². The Kier molecular flexibility index (Phi) is 2.00. The summed E-state index contributed by atoms with van der Waals surface area (Å²) in [6.07, 6.45) is 3.65. The Hall–Kier alpha value is -1.67. The lowest BCUT2D eigenvalue weighted by Gasteiger charge is -1.97. The highest BCUT2D eigenvalue weighted by Crippen LogP contribution is 2.32. The minimum absolute atomic E-state index is 1.22. The van der Waals surface area contributed by atoms with Crippen LogP contribution in [0.2, 0.25) is 0 Å². The van der Waals surface area contributed by atoms with Crippen molar-refractivity contribution in [3.63, 3.8) is 0 Å². The Morgan fingerprint density at radius 3 is 2.87 bits per heavy atom. The fourth-order valence-corrected chi connectivity index (χ4v) is 2.62. The van der Waals surface area contributed by atoms with E-state index in [1.165, 1.54) is 21.2 Å². The molecule has 1 aromatic carbocycles. The molecule has 1 nitrogen and oxygen atoms in total. The SMILES string of the molecule is [c]1ccc2c(-c3ccncc3)csc2c1. The first-order valence-electron chi connectivity index (χ1n) is 4.73. The van der Waals surface area contributed by atoms with E-state index in [-0.39, 0.29) is 0 Å². The maximum absolute atomic E-state index is 4.03. The number of nitrogens with zero attached hydrogens (tertiary/aromatic N) is 1. The highest BCUT2D eigenvalue weighted by molar-refractivity contribution is 7.17. The van der Waals surface area contributed by atoms with Gasteiger partial charge in [-0.25, -0.2) is 0 Å². The van der Waals surface area contributed by atoms with Gasteiger partial charge in [0, 0.05) is 28.0 Å². The Morgan fingerprint density at radius 1 is 1.13 bits per heavy atom. The van der Waals surface area contributed by atoms with Crippen molar-refractivity contribution in [2.24, 2.45) is 0 Å². The minimum atomic E-state index is 1.22. The van der Waals surface area contributed by atoms with Crippen LogP contribution >= 0.6 is 11.3 Å². The first kappa shape index (κ1) is 8.62. The fourth-order valence-electron chi connectivity index (χ4n) is 1.68. The van der Waals surface area contributed by atoms with Gasteiger partial charge in [-0.1, -0.05) is 12.1 Å². The molecule has 2 aromatic heterocycles. The van der Waals surface area contributed by atoms with E-state index in [1.54, 1.807) is 11.3 Å². The van der Waals surface area contributed by atoms with E-state index in [2.05, 4.69) is 22.5 Å². The molecule has 0 unspecified atom stereocenters. The first-order valence-corrected chi connectivity index (χ1v) is 5.61. The molecule has 0 fully saturated rings. The zero-order valence-electron chi connectivity index (χ0n) is 7.97. The summed E-state index contributed by atoms with van der Waals surface area (Å²) in [7, 11) is 0. The molecule has 0 N–H and O–H groups in total. The number of aromatic nitrogens is 1. The van der Waals surface area contributed by atoms with E-state index in [0.717, 1.165) is 0 Å². The first-order chi connectivity index (χ1) is 7.45. The zero-order chi connectivity index (χ0) is 10.1. The van der Waals surface area contributed by atoms with Crippen molar-refractivity contribution < 1.29 is 0 Å². The van der Waals surface area contributed by atoms with Gasteiger partial charge < -0.3 is 0 Å². The van der Waals surface area contributed by atoms with Crippen LogP contribution in [0.3, 0.4) is 0 Å². The van der Waals surface area contributed by atoms with Crippen molar-refractivity contribution in [2.45, 2.75) is 0 Å². The van der Waals surface area contributed by atoms with Crippen LogP contribution in [0.25, 0.3) is 21.2 Å². The van der Waals surface area contributed by atoms with Crippen LogP contribution in [-0.2, 0) is 0 Å². The molecule has 0 saturated carbocycles. The minimum Gasteiger partial charge on any atom is -0.265 e.